The minimum atomic E-state index is -0.978. The second-order valence-corrected chi connectivity index (χ2v) is 3.50. The third-order valence-electron chi connectivity index (χ3n) is 2.60. The van der Waals surface area contributed by atoms with Crippen LogP contribution >= 0.6 is 0 Å². The molecule has 0 radical (unpaired) electrons. The number of rotatable bonds is 3. The molecule has 2 aliphatic heterocycles. The molecule has 2 rings (SSSR count). The van der Waals surface area contributed by atoms with E-state index >= 15 is 0 Å². The van der Waals surface area contributed by atoms with E-state index in [1.807, 2.05) is 6.92 Å². The van der Waals surface area contributed by atoms with Gasteiger partial charge in [0, 0.05) is 0 Å². The summed E-state index contributed by atoms with van der Waals surface area (Å²) in [6, 6.07) is 0. The Kier molecular flexibility index (Phi) is 1.47. The lowest BCUT2D eigenvalue weighted by molar-refractivity contribution is -0.142. The van der Waals surface area contributed by atoms with Crippen LogP contribution in [0.25, 0.3) is 0 Å². The summed E-state index contributed by atoms with van der Waals surface area (Å²) in [6.07, 6.45) is 0.951. The molecule has 12 heavy (non-hydrogen) atoms. The lowest BCUT2D eigenvalue weighted by Crippen LogP contribution is -2.25. The maximum Gasteiger partial charge on any atom is 0.338 e. The summed E-state index contributed by atoms with van der Waals surface area (Å²) >= 11 is 0. The summed E-state index contributed by atoms with van der Waals surface area (Å²) in [5.74, 6) is -0.891. The van der Waals surface area contributed by atoms with Gasteiger partial charge in [-0.3, -0.25) is 0 Å². The van der Waals surface area contributed by atoms with Gasteiger partial charge >= 0.3 is 5.97 Å². The van der Waals surface area contributed by atoms with Gasteiger partial charge in [-0.2, -0.15) is 0 Å². The van der Waals surface area contributed by atoms with E-state index in [0.717, 1.165) is 6.42 Å². The molecule has 4 nitrogen and oxygen atoms in total. The Hall–Kier alpha value is -0.610. The zero-order valence-electron chi connectivity index (χ0n) is 7.11. The molecule has 2 saturated heterocycles. The lowest BCUT2D eigenvalue weighted by Gasteiger charge is -1.94. The largest absolute Gasteiger partial charge is 0.479 e. The first-order chi connectivity index (χ1) is 5.59. The molecular formula is C8H12O4. The van der Waals surface area contributed by atoms with Gasteiger partial charge in [-0.1, -0.05) is 6.92 Å². The van der Waals surface area contributed by atoms with Gasteiger partial charge < -0.3 is 14.6 Å². The van der Waals surface area contributed by atoms with E-state index in [-0.39, 0.29) is 18.3 Å². The predicted octanol–water partition coefficient (Wildman–Crippen LogP) is 0.406. The van der Waals surface area contributed by atoms with E-state index < -0.39 is 11.6 Å². The highest BCUT2D eigenvalue weighted by atomic mass is 16.7. The van der Waals surface area contributed by atoms with Crippen molar-refractivity contribution in [1.29, 1.82) is 0 Å². The number of carbonyl (C=O) groups is 1. The summed E-state index contributed by atoms with van der Waals surface area (Å²) in [7, 11) is 0. The number of aliphatic carboxylic acids is 1. The number of hydrogen-bond donors (Lipinski definition) is 1. The van der Waals surface area contributed by atoms with Crippen molar-refractivity contribution in [2.45, 2.75) is 44.2 Å². The van der Waals surface area contributed by atoms with E-state index in [2.05, 4.69) is 0 Å². The number of epoxide rings is 2. The van der Waals surface area contributed by atoms with Crippen molar-refractivity contribution in [3.8, 4) is 0 Å². The minimum Gasteiger partial charge on any atom is -0.479 e. The summed E-state index contributed by atoms with van der Waals surface area (Å²) < 4.78 is 10.3. The van der Waals surface area contributed by atoms with Crippen LogP contribution in [0.2, 0.25) is 0 Å². The van der Waals surface area contributed by atoms with Gasteiger partial charge in [0.2, 0.25) is 0 Å². The van der Waals surface area contributed by atoms with E-state index in [1.165, 1.54) is 0 Å². The zero-order valence-corrected chi connectivity index (χ0v) is 7.11. The molecule has 2 fully saturated rings. The van der Waals surface area contributed by atoms with Gasteiger partial charge in [0.15, 0.2) is 5.60 Å². The fourth-order valence-corrected chi connectivity index (χ4v) is 1.53. The van der Waals surface area contributed by atoms with Crippen molar-refractivity contribution < 1.29 is 19.4 Å². The molecule has 0 aromatic rings. The summed E-state index contributed by atoms with van der Waals surface area (Å²) in [6.45, 7) is 3.61. The van der Waals surface area contributed by atoms with Crippen LogP contribution in [-0.2, 0) is 14.3 Å². The van der Waals surface area contributed by atoms with Crippen LogP contribution in [0.5, 0.6) is 0 Å². The predicted molar refractivity (Wildman–Crippen MR) is 39.9 cm³/mol. The maximum absolute atomic E-state index is 10.6. The SMILES string of the molecule is CCC1OC1C1OC1(C)C(=O)O. The molecular weight excluding hydrogens is 160 g/mol. The van der Waals surface area contributed by atoms with E-state index in [1.54, 1.807) is 6.92 Å². The van der Waals surface area contributed by atoms with Crippen LogP contribution in [0.3, 0.4) is 0 Å². The highest BCUT2D eigenvalue weighted by Gasteiger charge is 2.68. The Labute approximate surface area is 70.5 Å². The number of hydrogen-bond acceptors (Lipinski definition) is 3. The van der Waals surface area contributed by atoms with Crippen molar-refractivity contribution >= 4 is 5.97 Å². The standard InChI is InChI=1S/C8H12O4/c1-3-4-5(11-4)6-8(2,12-6)7(9)10/h4-6H,3H2,1-2H3,(H,9,10). The average Bonchev–Trinajstić information content (AvgIpc) is 2.82. The van der Waals surface area contributed by atoms with Gasteiger partial charge in [0.25, 0.3) is 0 Å². The molecule has 4 atom stereocenters. The van der Waals surface area contributed by atoms with Gasteiger partial charge in [0.1, 0.15) is 12.2 Å². The van der Waals surface area contributed by atoms with Crippen LogP contribution in [-0.4, -0.2) is 35.0 Å². The Bertz CT molecular complexity index is 227. The molecule has 1 N–H and O–H groups in total. The second-order valence-electron chi connectivity index (χ2n) is 3.50. The molecule has 0 aromatic carbocycles. The lowest BCUT2D eigenvalue weighted by atomic mass is 10.0. The zero-order chi connectivity index (χ0) is 8.93. The summed E-state index contributed by atoms with van der Waals surface area (Å²) in [5, 5.41) is 8.74. The molecule has 2 heterocycles. The molecule has 68 valence electrons. The molecule has 4 heteroatoms. The number of ether oxygens (including phenoxy) is 2. The first-order valence-electron chi connectivity index (χ1n) is 4.16. The van der Waals surface area contributed by atoms with E-state index in [9.17, 15) is 4.79 Å². The van der Waals surface area contributed by atoms with Gasteiger partial charge in [-0.25, -0.2) is 4.79 Å². The smallest absolute Gasteiger partial charge is 0.338 e. The van der Waals surface area contributed by atoms with Crippen LogP contribution < -0.4 is 0 Å². The topological polar surface area (TPSA) is 62.4 Å². The van der Waals surface area contributed by atoms with Gasteiger partial charge in [-0.05, 0) is 13.3 Å². The quantitative estimate of drug-likeness (QED) is 0.626. The third-order valence-corrected chi connectivity index (χ3v) is 2.60. The molecule has 0 amide bonds. The first-order valence-corrected chi connectivity index (χ1v) is 4.16. The highest BCUT2D eigenvalue weighted by Crippen LogP contribution is 2.47. The molecule has 0 spiro atoms. The fraction of sp³-hybridized carbons (Fsp3) is 0.875. The molecule has 0 bridgehead atoms. The van der Waals surface area contributed by atoms with Crippen LogP contribution in [0.15, 0.2) is 0 Å². The van der Waals surface area contributed by atoms with Crippen molar-refractivity contribution in [2.75, 3.05) is 0 Å². The molecule has 0 aromatic heterocycles. The average molecular weight is 172 g/mol. The maximum atomic E-state index is 10.6. The van der Waals surface area contributed by atoms with Crippen molar-refractivity contribution in [3.63, 3.8) is 0 Å². The van der Waals surface area contributed by atoms with Crippen molar-refractivity contribution in [3.05, 3.63) is 0 Å². The highest BCUT2D eigenvalue weighted by molar-refractivity contribution is 5.81. The number of carboxylic acid groups (broad SMARTS) is 1. The van der Waals surface area contributed by atoms with Crippen molar-refractivity contribution in [1.82, 2.24) is 0 Å². The third kappa shape index (κ3) is 0.949. The summed E-state index contributed by atoms with van der Waals surface area (Å²) in [4.78, 5) is 10.6. The molecule has 2 aliphatic rings. The minimum absolute atomic E-state index is 0.0242. The Balaban J connectivity index is 1.92. The van der Waals surface area contributed by atoms with Gasteiger partial charge in [0.05, 0.1) is 6.10 Å². The molecule has 0 aliphatic carbocycles. The Morgan fingerprint density at radius 3 is 2.67 bits per heavy atom. The molecule has 0 saturated carbocycles. The van der Waals surface area contributed by atoms with Gasteiger partial charge in [-0.15, -0.1) is 0 Å². The monoisotopic (exact) mass is 172 g/mol. The Morgan fingerprint density at radius 1 is 1.67 bits per heavy atom. The second kappa shape index (κ2) is 2.20. The summed E-state index contributed by atoms with van der Waals surface area (Å²) in [5.41, 5.74) is -0.978. The van der Waals surface area contributed by atoms with Crippen molar-refractivity contribution in [2.24, 2.45) is 0 Å². The normalized spacial score (nSPS) is 50.3. The number of carboxylic acids is 1. The Morgan fingerprint density at radius 2 is 2.33 bits per heavy atom. The fourth-order valence-electron chi connectivity index (χ4n) is 1.53. The first kappa shape index (κ1) is 8.01. The van der Waals surface area contributed by atoms with E-state index in [0.29, 0.717) is 0 Å². The van der Waals surface area contributed by atoms with E-state index in [4.69, 9.17) is 14.6 Å². The van der Waals surface area contributed by atoms with Crippen LogP contribution in [0, 0.1) is 0 Å². The van der Waals surface area contributed by atoms with Crippen LogP contribution in [0.1, 0.15) is 20.3 Å². The van der Waals surface area contributed by atoms with Crippen LogP contribution in [0.4, 0.5) is 0 Å². The molecule has 4 unspecified atom stereocenters.